The summed E-state index contributed by atoms with van der Waals surface area (Å²) in [5, 5.41) is 6.34. The van der Waals surface area contributed by atoms with Gasteiger partial charge in [-0.3, -0.25) is 9.78 Å². The summed E-state index contributed by atoms with van der Waals surface area (Å²) in [7, 11) is 0. The Balaban J connectivity index is 1.74. The van der Waals surface area contributed by atoms with Crippen molar-refractivity contribution in [2.75, 3.05) is 11.9 Å². The van der Waals surface area contributed by atoms with Gasteiger partial charge in [-0.05, 0) is 61.3 Å². The molecular formula is C24H27N3O2. The number of nitrogens with zero attached hydrogens (tertiary/aromatic N) is 1. The van der Waals surface area contributed by atoms with Gasteiger partial charge < -0.3 is 15.4 Å². The zero-order valence-corrected chi connectivity index (χ0v) is 17.2. The molecule has 5 heteroatoms. The molecule has 2 N–H and O–H groups in total. The van der Waals surface area contributed by atoms with Crippen molar-refractivity contribution in [2.24, 2.45) is 0 Å². The lowest BCUT2D eigenvalue weighted by atomic mass is 10.0. The van der Waals surface area contributed by atoms with Crippen molar-refractivity contribution in [3.8, 4) is 5.75 Å². The first kappa shape index (κ1) is 20.6. The molecule has 0 aliphatic heterocycles. The van der Waals surface area contributed by atoms with Crippen molar-refractivity contribution in [1.82, 2.24) is 10.3 Å². The van der Waals surface area contributed by atoms with Crippen LogP contribution in [0.3, 0.4) is 0 Å². The van der Waals surface area contributed by atoms with Gasteiger partial charge in [0, 0.05) is 35.8 Å². The molecule has 0 saturated heterocycles. The molecule has 1 amide bonds. The minimum atomic E-state index is -0.126. The van der Waals surface area contributed by atoms with E-state index in [1.54, 1.807) is 12.4 Å². The minimum absolute atomic E-state index is 0.126. The number of carbonyl (C=O) groups is 1. The van der Waals surface area contributed by atoms with Gasteiger partial charge in [0.1, 0.15) is 12.4 Å². The maximum Gasteiger partial charge on any atom is 0.255 e. The van der Waals surface area contributed by atoms with Crippen LogP contribution in [0.2, 0.25) is 0 Å². The Labute approximate surface area is 172 Å². The largest absolute Gasteiger partial charge is 0.488 e. The van der Waals surface area contributed by atoms with Crippen LogP contribution < -0.4 is 15.4 Å². The highest BCUT2D eigenvalue weighted by atomic mass is 16.5. The van der Waals surface area contributed by atoms with Crippen molar-refractivity contribution < 1.29 is 9.53 Å². The van der Waals surface area contributed by atoms with E-state index < -0.39 is 0 Å². The number of benzene rings is 2. The van der Waals surface area contributed by atoms with Crippen LogP contribution >= 0.6 is 0 Å². The first-order valence-corrected chi connectivity index (χ1v) is 9.81. The highest BCUT2D eigenvalue weighted by Gasteiger charge is 2.13. The van der Waals surface area contributed by atoms with Gasteiger partial charge in [-0.1, -0.05) is 31.2 Å². The topological polar surface area (TPSA) is 63.2 Å². The van der Waals surface area contributed by atoms with E-state index in [0.29, 0.717) is 18.7 Å². The number of para-hydroxylation sites is 1. The molecule has 0 saturated carbocycles. The summed E-state index contributed by atoms with van der Waals surface area (Å²) in [6.45, 7) is 8.01. The van der Waals surface area contributed by atoms with Crippen LogP contribution in [0.4, 0.5) is 5.69 Å². The summed E-state index contributed by atoms with van der Waals surface area (Å²) in [6.07, 6.45) is 3.53. The second kappa shape index (κ2) is 9.85. The normalized spacial score (nSPS) is 10.6. The number of carbonyl (C=O) groups excluding carboxylic acids is 1. The molecule has 0 spiro atoms. The SMILES string of the molecule is CCNCc1ccccc1NC(=O)c1cc(C)c(OCc2cccnc2)c(C)c1. The Kier molecular flexibility index (Phi) is 6.98. The number of amides is 1. The first-order valence-electron chi connectivity index (χ1n) is 9.81. The minimum Gasteiger partial charge on any atom is -0.488 e. The molecule has 0 atom stereocenters. The van der Waals surface area contributed by atoms with Gasteiger partial charge >= 0.3 is 0 Å². The van der Waals surface area contributed by atoms with Crippen LogP contribution in [0.1, 0.15) is 39.5 Å². The lowest BCUT2D eigenvalue weighted by Crippen LogP contribution is -2.17. The number of aromatic nitrogens is 1. The first-order chi connectivity index (χ1) is 14.1. The molecule has 5 nitrogen and oxygen atoms in total. The van der Waals surface area contributed by atoms with E-state index in [4.69, 9.17) is 4.74 Å². The molecular weight excluding hydrogens is 362 g/mol. The number of rotatable bonds is 8. The molecule has 150 valence electrons. The molecule has 1 aromatic heterocycles. The third kappa shape index (κ3) is 5.42. The van der Waals surface area contributed by atoms with Crippen molar-refractivity contribution in [2.45, 2.75) is 33.9 Å². The van der Waals surface area contributed by atoms with Crippen molar-refractivity contribution in [3.05, 3.63) is 88.7 Å². The van der Waals surface area contributed by atoms with Gasteiger partial charge in [0.15, 0.2) is 0 Å². The predicted octanol–water partition coefficient (Wildman–Crippen LogP) is 4.64. The summed E-state index contributed by atoms with van der Waals surface area (Å²) in [4.78, 5) is 17.0. The molecule has 3 rings (SSSR count). The Morgan fingerprint density at radius 1 is 1.07 bits per heavy atom. The summed E-state index contributed by atoms with van der Waals surface area (Å²) < 4.78 is 5.99. The number of nitrogens with one attached hydrogen (secondary N) is 2. The number of hydrogen-bond acceptors (Lipinski definition) is 4. The standard InChI is InChI=1S/C24H27N3O2/c1-4-25-15-20-9-5-6-10-22(20)27-24(28)21-12-17(2)23(18(3)13-21)29-16-19-8-7-11-26-14-19/h5-14,25H,4,15-16H2,1-3H3,(H,27,28). The van der Waals surface area contributed by atoms with Gasteiger partial charge in [-0.25, -0.2) is 0 Å². The maximum atomic E-state index is 12.9. The van der Waals surface area contributed by atoms with Crippen molar-refractivity contribution >= 4 is 11.6 Å². The lowest BCUT2D eigenvalue weighted by molar-refractivity contribution is 0.102. The number of anilines is 1. The number of pyridine rings is 1. The van der Waals surface area contributed by atoms with E-state index in [9.17, 15) is 4.79 Å². The van der Waals surface area contributed by atoms with Gasteiger partial charge in [0.25, 0.3) is 5.91 Å². The highest BCUT2D eigenvalue weighted by molar-refractivity contribution is 6.05. The van der Waals surface area contributed by atoms with E-state index in [2.05, 4.69) is 22.5 Å². The highest BCUT2D eigenvalue weighted by Crippen LogP contribution is 2.26. The van der Waals surface area contributed by atoms with Crippen LogP contribution in [-0.2, 0) is 13.2 Å². The van der Waals surface area contributed by atoms with Crippen LogP contribution in [-0.4, -0.2) is 17.4 Å². The van der Waals surface area contributed by atoms with Crippen molar-refractivity contribution in [3.63, 3.8) is 0 Å². The predicted molar refractivity (Wildman–Crippen MR) is 116 cm³/mol. The van der Waals surface area contributed by atoms with Crippen molar-refractivity contribution in [1.29, 1.82) is 0 Å². The molecule has 0 aliphatic carbocycles. The molecule has 0 unspecified atom stereocenters. The Bertz CT molecular complexity index is 948. The zero-order valence-electron chi connectivity index (χ0n) is 17.2. The second-order valence-electron chi connectivity index (χ2n) is 6.98. The van der Waals surface area contributed by atoms with Gasteiger partial charge in [-0.2, -0.15) is 0 Å². The van der Waals surface area contributed by atoms with Gasteiger partial charge in [-0.15, -0.1) is 0 Å². The van der Waals surface area contributed by atoms with E-state index in [1.165, 1.54) is 0 Å². The molecule has 0 aliphatic rings. The molecule has 1 heterocycles. The summed E-state index contributed by atoms with van der Waals surface area (Å²) in [5.41, 5.74) is 5.37. The fraction of sp³-hybridized carbons (Fsp3) is 0.250. The number of hydrogen-bond donors (Lipinski definition) is 2. The Hall–Kier alpha value is -3.18. The number of aryl methyl sites for hydroxylation is 2. The third-order valence-electron chi connectivity index (χ3n) is 4.66. The van der Waals surface area contributed by atoms with Crippen LogP contribution in [0, 0.1) is 13.8 Å². The Morgan fingerprint density at radius 3 is 2.52 bits per heavy atom. The molecule has 29 heavy (non-hydrogen) atoms. The smallest absolute Gasteiger partial charge is 0.255 e. The van der Waals surface area contributed by atoms with Crippen LogP contribution in [0.25, 0.3) is 0 Å². The fourth-order valence-corrected chi connectivity index (χ4v) is 3.20. The van der Waals surface area contributed by atoms with Crippen LogP contribution in [0.5, 0.6) is 5.75 Å². The molecule has 0 radical (unpaired) electrons. The number of ether oxygens (including phenoxy) is 1. The second-order valence-corrected chi connectivity index (χ2v) is 6.98. The molecule has 0 fully saturated rings. The van der Waals surface area contributed by atoms with E-state index in [1.807, 2.05) is 62.4 Å². The van der Waals surface area contributed by atoms with Gasteiger partial charge in [0.05, 0.1) is 0 Å². The zero-order chi connectivity index (χ0) is 20.6. The Morgan fingerprint density at radius 2 is 1.83 bits per heavy atom. The van der Waals surface area contributed by atoms with E-state index in [-0.39, 0.29) is 5.91 Å². The monoisotopic (exact) mass is 389 g/mol. The maximum absolute atomic E-state index is 12.9. The average Bonchev–Trinajstić information content (AvgIpc) is 2.73. The third-order valence-corrected chi connectivity index (χ3v) is 4.66. The van der Waals surface area contributed by atoms with E-state index in [0.717, 1.165) is 40.2 Å². The van der Waals surface area contributed by atoms with Gasteiger partial charge in [0.2, 0.25) is 0 Å². The fourth-order valence-electron chi connectivity index (χ4n) is 3.20. The molecule has 2 aromatic carbocycles. The summed E-state index contributed by atoms with van der Waals surface area (Å²) in [6, 6.07) is 15.5. The lowest BCUT2D eigenvalue weighted by Gasteiger charge is -2.15. The molecule has 3 aromatic rings. The van der Waals surface area contributed by atoms with Crippen LogP contribution in [0.15, 0.2) is 60.9 Å². The average molecular weight is 389 g/mol. The molecule has 0 bridgehead atoms. The quantitative estimate of drug-likeness (QED) is 0.589. The van der Waals surface area contributed by atoms with E-state index >= 15 is 0 Å². The summed E-state index contributed by atoms with van der Waals surface area (Å²) in [5.74, 6) is 0.678. The summed E-state index contributed by atoms with van der Waals surface area (Å²) >= 11 is 0.